The summed E-state index contributed by atoms with van der Waals surface area (Å²) in [6.45, 7) is 7.39. The van der Waals surface area contributed by atoms with E-state index in [0.717, 1.165) is 19.6 Å². The summed E-state index contributed by atoms with van der Waals surface area (Å²) in [4.78, 5) is 2.43. The summed E-state index contributed by atoms with van der Waals surface area (Å²) in [5, 5.41) is 3.20. The van der Waals surface area contributed by atoms with Gasteiger partial charge in [-0.15, -0.1) is 0 Å². The van der Waals surface area contributed by atoms with Crippen molar-refractivity contribution in [1.82, 2.24) is 5.32 Å². The standard InChI is InChI=1S/C16H26N2O/c1-4-18(16-8-6-5-7-13(16)2)12-15-10-9-14(19-15)11-17-3/h5-8,14-15,17H,4,9-12H2,1-3H3. The van der Waals surface area contributed by atoms with Crippen molar-refractivity contribution in [2.75, 3.05) is 31.6 Å². The van der Waals surface area contributed by atoms with E-state index in [-0.39, 0.29) is 0 Å². The molecule has 0 spiro atoms. The lowest BCUT2D eigenvalue weighted by Crippen LogP contribution is -2.34. The van der Waals surface area contributed by atoms with Crippen LogP contribution in [0.15, 0.2) is 24.3 Å². The molecular formula is C16H26N2O. The molecular weight excluding hydrogens is 236 g/mol. The number of nitrogens with zero attached hydrogens (tertiary/aromatic N) is 1. The Labute approximate surface area is 116 Å². The SMILES string of the molecule is CCN(CC1CCC(CNC)O1)c1ccccc1C. The molecule has 1 saturated heterocycles. The van der Waals surface area contributed by atoms with Crippen LogP contribution in [0.25, 0.3) is 0 Å². The van der Waals surface area contributed by atoms with Crippen LogP contribution in [0.4, 0.5) is 5.69 Å². The molecule has 1 aliphatic rings. The van der Waals surface area contributed by atoms with Crippen LogP contribution in [0.1, 0.15) is 25.3 Å². The van der Waals surface area contributed by atoms with Gasteiger partial charge in [0.25, 0.3) is 0 Å². The smallest absolute Gasteiger partial charge is 0.0755 e. The molecule has 2 unspecified atom stereocenters. The molecule has 1 aliphatic heterocycles. The summed E-state index contributed by atoms with van der Waals surface area (Å²) in [7, 11) is 1.99. The first-order valence-corrected chi connectivity index (χ1v) is 7.35. The second-order valence-corrected chi connectivity index (χ2v) is 5.34. The van der Waals surface area contributed by atoms with Gasteiger partial charge in [0, 0.05) is 25.3 Å². The molecule has 0 aromatic heterocycles. The van der Waals surface area contributed by atoms with Gasteiger partial charge >= 0.3 is 0 Å². The largest absolute Gasteiger partial charge is 0.372 e. The van der Waals surface area contributed by atoms with Crippen LogP contribution in [0.5, 0.6) is 0 Å². The lowest BCUT2D eigenvalue weighted by molar-refractivity contribution is 0.0506. The van der Waals surface area contributed by atoms with Crippen molar-refractivity contribution < 1.29 is 4.74 Å². The van der Waals surface area contributed by atoms with Gasteiger partial charge in [0.1, 0.15) is 0 Å². The average Bonchev–Trinajstić information content (AvgIpc) is 2.85. The maximum absolute atomic E-state index is 6.09. The molecule has 2 atom stereocenters. The zero-order valence-corrected chi connectivity index (χ0v) is 12.4. The molecule has 1 aromatic carbocycles. The minimum absolute atomic E-state index is 0.373. The number of nitrogens with one attached hydrogen (secondary N) is 1. The van der Waals surface area contributed by atoms with Crippen molar-refractivity contribution in [1.29, 1.82) is 0 Å². The third kappa shape index (κ3) is 3.71. The van der Waals surface area contributed by atoms with Gasteiger partial charge in [0.2, 0.25) is 0 Å². The minimum atomic E-state index is 0.373. The summed E-state index contributed by atoms with van der Waals surface area (Å²) >= 11 is 0. The number of hydrogen-bond acceptors (Lipinski definition) is 3. The van der Waals surface area contributed by atoms with E-state index in [2.05, 4.69) is 48.3 Å². The molecule has 1 N–H and O–H groups in total. The van der Waals surface area contributed by atoms with Crippen molar-refractivity contribution >= 4 is 5.69 Å². The normalized spacial score (nSPS) is 22.7. The Hall–Kier alpha value is -1.06. The molecule has 0 aliphatic carbocycles. The molecule has 19 heavy (non-hydrogen) atoms. The number of benzene rings is 1. The van der Waals surface area contributed by atoms with Crippen LogP contribution in [0.2, 0.25) is 0 Å². The van der Waals surface area contributed by atoms with Crippen molar-refractivity contribution in [2.45, 2.75) is 38.9 Å². The minimum Gasteiger partial charge on any atom is -0.372 e. The van der Waals surface area contributed by atoms with Crippen LogP contribution < -0.4 is 10.2 Å². The highest BCUT2D eigenvalue weighted by Crippen LogP contribution is 2.24. The highest BCUT2D eigenvalue weighted by molar-refractivity contribution is 5.52. The Morgan fingerprint density at radius 2 is 2.00 bits per heavy atom. The van der Waals surface area contributed by atoms with Gasteiger partial charge in [-0.3, -0.25) is 0 Å². The highest BCUT2D eigenvalue weighted by Gasteiger charge is 2.26. The highest BCUT2D eigenvalue weighted by atomic mass is 16.5. The molecule has 0 bridgehead atoms. The van der Waals surface area contributed by atoms with Crippen molar-refractivity contribution in [3.63, 3.8) is 0 Å². The summed E-state index contributed by atoms with van der Waals surface area (Å²) in [5.41, 5.74) is 2.68. The first kappa shape index (κ1) is 14.4. The maximum Gasteiger partial charge on any atom is 0.0755 e. The summed E-state index contributed by atoms with van der Waals surface area (Å²) in [5.74, 6) is 0. The van der Waals surface area contributed by atoms with Crippen molar-refractivity contribution in [3.8, 4) is 0 Å². The predicted molar refractivity (Wildman–Crippen MR) is 80.9 cm³/mol. The second kappa shape index (κ2) is 6.92. The molecule has 3 nitrogen and oxygen atoms in total. The van der Waals surface area contributed by atoms with Crippen LogP contribution in [0.3, 0.4) is 0 Å². The van der Waals surface area contributed by atoms with Crippen LogP contribution in [-0.4, -0.2) is 38.9 Å². The third-order valence-corrected chi connectivity index (χ3v) is 3.89. The molecule has 1 fully saturated rings. The van der Waals surface area contributed by atoms with Crippen molar-refractivity contribution in [2.24, 2.45) is 0 Å². The van der Waals surface area contributed by atoms with Gasteiger partial charge < -0.3 is 15.0 Å². The van der Waals surface area contributed by atoms with E-state index in [1.807, 2.05) is 7.05 Å². The lowest BCUT2D eigenvalue weighted by Gasteiger charge is -2.28. The molecule has 3 heteroatoms. The van der Waals surface area contributed by atoms with E-state index in [1.54, 1.807) is 0 Å². The number of aryl methyl sites for hydroxylation is 1. The Morgan fingerprint density at radius 1 is 1.26 bits per heavy atom. The van der Waals surface area contributed by atoms with Crippen molar-refractivity contribution in [3.05, 3.63) is 29.8 Å². The lowest BCUT2D eigenvalue weighted by atomic mass is 10.1. The molecule has 1 aromatic rings. The molecule has 2 rings (SSSR count). The van der Waals surface area contributed by atoms with Gasteiger partial charge in [0.05, 0.1) is 12.2 Å². The van der Waals surface area contributed by atoms with Crippen LogP contribution in [0, 0.1) is 6.92 Å². The summed E-state index contributed by atoms with van der Waals surface area (Å²) in [6.07, 6.45) is 3.12. The molecule has 1 heterocycles. The van der Waals surface area contributed by atoms with E-state index in [0.29, 0.717) is 12.2 Å². The summed E-state index contributed by atoms with van der Waals surface area (Å²) < 4.78 is 6.09. The maximum atomic E-state index is 6.09. The Bertz CT molecular complexity index is 394. The number of hydrogen-bond donors (Lipinski definition) is 1. The van der Waals surface area contributed by atoms with E-state index < -0.39 is 0 Å². The second-order valence-electron chi connectivity index (χ2n) is 5.34. The Balaban J connectivity index is 1.95. The van der Waals surface area contributed by atoms with Gasteiger partial charge in [0.15, 0.2) is 0 Å². The van der Waals surface area contributed by atoms with Gasteiger partial charge in [-0.1, -0.05) is 18.2 Å². The van der Waals surface area contributed by atoms with E-state index in [1.165, 1.54) is 24.1 Å². The zero-order chi connectivity index (χ0) is 13.7. The fourth-order valence-electron chi connectivity index (χ4n) is 2.85. The van der Waals surface area contributed by atoms with E-state index >= 15 is 0 Å². The number of ether oxygens (including phenoxy) is 1. The van der Waals surface area contributed by atoms with E-state index in [4.69, 9.17) is 4.74 Å². The first-order valence-electron chi connectivity index (χ1n) is 7.35. The van der Waals surface area contributed by atoms with Gasteiger partial charge in [-0.2, -0.15) is 0 Å². The molecule has 0 saturated carbocycles. The number of rotatable bonds is 6. The quantitative estimate of drug-likeness (QED) is 0.853. The van der Waals surface area contributed by atoms with Crippen LogP contribution >= 0.6 is 0 Å². The van der Waals surface area contributed by atoms with Crippen LogP contribution in [-0.2, 0) is 4.74 Å². The fourth-order valence-corrected chi connectivity index (χ4v) is 2.85. The fraction of sp³-hybridized carbons (Fsp3) is 0.625. The topological polar surface area (TPSA) is 24.5 Å². The van der Waals surface area contributed by atoms with Gasteiger partial charge in [-0.25, -0.2) is 0 Å². The molecule has 0 amide bonds. The summed E-state index contributed by atoms with van der Waals surface area (Å²) in [6, 6.07) is 8.60. The molecule has 0 radical (unpaired) electrons. The average molecular weight is 262 g/mol. The zero-order valence-electron chi connectivity index (χ0n) is 12.4. The monoisotopic (exact) mass is 262 g/mol. The number of para-hydroxylation sites is 1. The third-order valence-electron chi connectivity index (χ3n) is 3.89. The number of anilines is 1. The number of likely N-dealkylation sites (N-methyl/N-ethyl adjacent to an activating group) is 2. The predicted octanol–water partition coefficient (Wildman–Crippen LogP) is 2.59. The van der Waals surface area contributed by atoms with E-state index in [9.17, 15) is 0 Å². The Morgan fingerprint density at radius 3 is 2.68 bits per heavy atom. The Kier molecular flexibility index (Phi) is 5.23. The van der Waals surface area contributed by atoms with Gasteiger partial charge in [-0.05, 0) is 45.4 Å². The first-order chi connectivity index (χ1) is 9.24. The molecule has 106 valence electrons.